The summed E-state index contributed by atoms with van der Waals surface area (Å²) in [6, 6.07) is 9.70. The first kappa shape index (κ1) is 28.5. The minimum absolute atomic E-state index is 0.0908. The normalized spacial score (nSPS) is 16.6. The number of methoxy groups -OCH3 is 1. The molecular weight excluding hydrogens is 500 g/mol. The molecule has 0 fully saturated rings. The molecule has 1 aromatic heterocycles. The number of aromatic nitrogens is 1. The van der Waals surface area contributed by atoms with Crippen molar-refractivity contribution in [3.05, 3.63) is 75.7 Å². The van der Waals surface area contributed by atoms with E-state index in [1.54, 1.807) is 30.3 Å². The van der Waals surface area contributed by atoms with E-state index in [2.05, 4.69) is 15.6 Å². The van der Waals surface area contributed by atoms with E-state index in [1.807, 2.05) is 0 Å². The van der Waals surface area contributed by atoms with E-state index >= 15 is 0 Å². The van der Waals surface area contributed by atoms with Crippen LogP contribution in [0, 0.1) is 10.1 Å². The Balaban J connectivity index is 1.60. The van der Waals surface area contributed by atoms with E-state index in [9.17, 15) is 19.7 Å². The Bertz CT molecular complexity index is 1110. The molecule has 0 bridgehead atoms. The van der Waals surface area contributed by atoms with Gasteiger partial charge in [0.05, 0.1) is 44.0 Å². The van der Waals surface area contributed by atoms with Crippen LogP contribution in [0.15, 0.2) is 54.4 Å². The van der Waals surface area contributed by atoms with Gasteiger partial charge < -0.3 is 34.7 Å². The smallest absolute Gasteiger partial charge is 0.337 e. The van der Waals surface area contributed by atoms with Gasteiger partial charge in [0.2, 0.25) is 6.29 Å². The number of rotatable bonds is 14. The Labute approximate surface area is 218 Å². The third-order valence-corrected chi connectivity index (χ3v) is 5.48. The zero-order valence-electron chi connectivity index (χ0n) is 20.8. The number of carbonyl (C=O) groups excluding carboxylic acids is 2. The van der Waals surface area contributed by atoms with Crippen LogP contribution in [0.2, 0.25) is 0 Å². The number of hydrogen-bond donors (Lipinski definition) is 3. The molecule has 13 heteroatoms. The maximum Gasteiger partial charge on any atom is 0.337 e. The highest BCUT2D eigenvalue weighted by Gasteiger charge is 2.29. The van der Waals surface area contributed by atoms with Crippen LogP contribution in [0.5, 0.6) is 0 Å². The lowest BCUT2D eigenvalue weighted by atomic mass is 9.92. The van der Waals surface area contributed by atoms with E-state index in [4.69, 9.17) is 24.1 Å². The Hall–Kier alpha value is -4.07. The quantitative estimate of drug-likeness (QED) is 0.141. The zero-order valence-corrected chi connectivity index (χ0v) is 20.8. The van der Waals surface area contributed by atoms with Gasteiger partial charge >= 0.3 is 5.97 Å². The number of ether oxygens (including phenoxy) is 4. The fourth-order valence-electron chi connectivity index (χ4n) is 3.59. The van der Waals surface area contributed by atoms with Gasteiger partial charge in [0, 0.05) is 31.5 Å². The standard InChI is InChI=1S/C25H30N4O9/c1-35-25(32)18-4-2-17(3-5-18)19-14-21(38-23(15-19)37-13-12-36-11-10-30)24(31)27-9-8-26-22-7-6-20(16-28-22)29(33)34/h2-7,14,16,19,23,30H,8-13,15H2,1H3,(H,26,28)(H,27,31)/t19-,23+/m1/s1. The number of anilines is 1. The van der Waals surface area contributed by atoms with Crippen LogP contribution in [0.4, 0.5) is 11.5 Å². The van der Waals surface area contributed by atoms with Gasteiger partial charge in [-0.1, -0.05) is 12.1 Å². The van der Waals surface area contributed by atoms with Crippen LogP contribution in [-0.4, -0.2) is 79.8 Å². The number of nitrogens with one attached hydrogen (secondary N) is 2. The first-order valence-corrected chi connectivity index (χ1v) is 11.9. The number of aliphatic hydroxyl groups is 1. The number of amides is 1. The lowest BCUT2D eigenvalue weighted by molar-refractivity contribution is -0.385. The van der Waals surface area contributed by atoms with Crippen molar-refractivity contribution in [2.75, 3.05) is 51.9 Å². The molecule has 1 amide bonds. The van der Waals surface area contributed by atoms with Crippen LogP contribution < -0.4 is 10.6 Å². The van der Waals surface area contributed by atoms with E-state index in [0.717, 1.165) is 11.8 Å². The van der Waals surface area contributed by atoms with Gasteiger partial charge in [0.25, 0.3) is 11.6 Å². The number of hydrogen-bond acceptors (Lipinski definition) is 11. The maximum absolute atomic E-state index is 12.9. The topological polar surface area (TPSA) is 171 Å². The van der Waals surface area contributed by atoms with E-state index in [0.29, 0.717) is 24.3 Å². The first-order valence-electron chi connectivity index (χ1n) is 11.9. The average Bonchev–Trinajstić information content (AvgIpc) is 2.94. The minimum atomic E-state index is -0.716. The van der Waals surface area contributed by atoms with Gasteiger partial charge in [-0.3, -0.25) is 14.9 Å². The summed E-state index contributed by atoms with van der Waals surface area (Å²) in [7, 11) is 1.31. The number of carbonyl (C=O) groups is 2. The molecule has 0 aliphatic carbocycles. The summed E-state index contributed by atoms with van der Waals surface area (Å²) >= 11 is 0. The lowest BCUT2D eigenvalue weighted by Crippen LogP contribution is -2.35. The Morgan fingerprint density at radius 2 is 1.95 bits per heavy atom. The van der Waals surface area contributed by atoms with Gasteiger partial charge in [-0.2, -0.15) is 0 Å². The molecule has 2 aromatic rings. The van der Waals surface area contributed by atoms with Crippen molar-refractivity contribution in [1.82, 2.24) is 10.3 Å². The van der Waals surface area contributed by atoms with Crippen LogP contribution >= 0.6 is 0 Å². The fraction of sp³-hybridized carbons (Fsp3) is 0.400. The molecule has 204 valence electrons. The highest BCUT2D eigenvalue weighted by atomic mass is 16.7. The second kappa shape index (κ2) is 14.6. The van der Waals surface area contributed by atoms with Crippen LogP contribution in [0.3, 0.4) is 0 Å². The summed E-state index contributed by atoms with van der Waals surface area (Å²) in [5.74, 6) is -0.578. The summed E-state index contributed by atoms with van der Waals surface area (Å²) in [6.07, 6.45) is 2.57. The summed E-state index contributed by atoms with van der Waals surface area (Å²) in [6.45, 7) is 1.13. The molecule has 0 saturated heterocycles. The summed E-state index contributed by atoms with van der Waals surface area (Å²) in [5.41, 5.74) is 1.16. The highest BCUT2D eigenvalue weighted by Crippen LogP contribution is 2.31. The highest BCUT2D eigenvalue weighted by molar-refractivity contribution is 5.92. The van der Waals surface area contributed by atoms with Crippen molar-refractivity contribution in [3.8, 4) is 0 Å². The van der Waals surface area contributed by atoms with Gasteiger partial charge in [0.15, 0.2) is 5.76 Å². The molecule has 1 aromatic carbocycles. The first-order chi connectivity index (χ1) is 18.4. The summed E-state index contributed by atoms with van der Waals surface area (Å²) in [4.78, 5) is 38.8. The molecule has 2 heterocycles. The number of aliphatic hydroxyl groups excluding tert-OH is 1. The summed E-state index contributed by atoms with van der Waals surface area (Å²) in [5, 5.41) is 25.3. The molecule has 0 radical (unpaired) electrons. The van der Waals surface area contributed by atoms with Gasteiger partial charge in [0.1, 0.15) is 12.0 Å². The van der Waals surface area contributed by atoms with Crippen molar-refractivity contribution >= 4 is 23.4 Å². The van der Waals surface area contributed by atoms with Crippen molar-refractivity contribution < 1.29 is 38.6 Å². The molecule has 0 saturated carbocycles. The lowest BCUT2D eigenvalue weighted by Gasteiger charge is -2.29. The molecule has 3 rings (SSSR count). The molecular formula is C25H30N4O9. The van der Waals surface area contributed by atoms with Gasteiger partial charge in [-0.25, -0.2) is 9.78 Å². The number of pyridine rings is 1. The second-order valence-corrected chi connectivity index (χ2v) is 8.08. The monoisotopic (exact) mass is 530 g/mol. The van der Waals surface area contributed by atoms with Gasteiger partial charge in [-0.15, -0.1) is 0 Å². The van der Waals surface area contributed by atoms with E-state index in [-0.39, 0.29) is 50.3 Å². The zero-order chi connectivity index (χ0) is 27.3. The minimum Gasteiger partial charge on any atom is -0.465 e. The van der Waals surface area contributed by atoms with E-state index in [1.165, 1.54) is 19.2 Å². The fourth-order valence-corrected chi connectivity index (χ4v) is 3.59. The van der Waals surface area contributed by atoms with Crippen molar-refractivity contribution in [1.29, 1.82) is 0 Å². The molecule has 1 aliphatic rings. The predicted molar refractivity (Wildman–Crippen MR) is 134 cm³/mol. The van der Waals surface area contributed by atoms with Crippen LogP contribution in [0.1, 0.15) is 28.3 Å². The Kier molecular flexibility index (Phi) is 11.0. The largest absolute Gasteiger partial charge is 0.465 e. The van der Waals surface area contributed by atoms with Crippen molar-refractivity contribution in [3.63, 3.8) is 0 Å². The average molecular weight is 531 g/mol. The molecule has 2 atom stereocenters. The van der Waals surface area contributed by atoms with Gasteiger partial charge in [-0.05, 0) is 29.8 Å². The summed E-state index contributed by atoms with van der Waals surface area (Å²) < 4.78 is 21.5. The molecule has 13 nitrogen and oxygen atoms in total. The molecule has 1 aliphatic heterocycles. The second-order valence-electron chi connectivity index (χ2n) is 8.08. The van der Waals surface area contributed by atoms with Crippen molar-refractivity contribution in [2.45, 2.75) is 18.6 Å². The third kappa shape index (κ3) is 8.50. The number of nitro groups is 1. The maximum atomic E-state index is 12.9. The third-order valence-electron chi connectivity index (χ3n) is 5.48. The van der Waals surface area contributed by atoms with Crippen LogP contribution in [-0.2, 0) is 23.7 Å². The number of esters is 1. The number of benzene rings is 1. The molecule has 0 spiro atoms. The predicted octanol–water partition coefficient (Wildman–Crippen LogP) is 1.74. The molecule has 38 heavy (non-hydrogen) atoms. The van der Waals surface area contributed by atoms with E-state index < -0.39 is 23.1 Å². The molecule has 3 N–H and O–H groups in total. The number of nitrogens with zero attached hydrogens (tertiary/aromatic N) is 2. The Morgan fingerprint density at radius 3 is 2.61 bits per heavy atom. The van der Waals surface area contributed by atoms with Crippen LogP contribution in [0.25, 0.3) is 0 Å². The number of allylic oxidation sites excluding steroid dienone is 1. The Morgan fingerprint density at radius 1 is 1.16 bits per heavy atom. The van der Waals surface area contributed by atoms with Crippen molar-refractivity contribution in [2.24, 2.45) is 0 Å². The SMILES string of the molecule is COC(=O)c1ccc([C@@H]2C=C(C(=O)NCCNc3ccc([N+](=O)[O-])cn3)O[C@H](OCCOCCO)C2)cc1. The molecule has 0 unspecified atom stereocenters.